The lowest BCUT2D eigenvalue weighted by Crippen LogP contribution is -2.29. The molecule has 0 aromatic heterocycles. The molecule has 0 amide bonds. The quantitative estimate of drug-likeness (QED) is 0.565. The van der Waals surface area contributed by atoms with Crippen LogP contribution in [0.3, 0.4) is 0 Å². The molecule has 0 fully saturated rings. The van der Waals surface area contributed by atoms with Gasteiger partial charge in [0.05, 0.1) is 11.5 Å². The van der Waals surface area contributed by atoms with Crippen LogP contribution in [0.4, 0.5) is 5.69 Å². The standard InChI is InChI=1S/C14H22N2O4/c1-4-20-14-6-5-12(9-13(14)16(18)19)11(3)15-10(2)7-8-17/h5-6,9-11,15,17H,4,7-8H2,1-3H3/t10-,11?/m1/s1. The maximum absolute atomic E-state index is 11.1. The molecule has 2 atom stereocenters. The third kappa shape index (κ3) is 4.47. The van der Waals surface area contributed by atoms with Crippen LogP contribution in [0.5, 0.6) is 5.75 Å². The maximum Gasteiger partial charge on any atom is 0.311 e. The summed E-state index contributed by atoms with van der Waals surface area (Å²) in [6.45, 7) is 6.20. The van der Waals surface area contributed by atoms with Crippen LogP contribution in [0.2, 0.25) is 0 Å². The number of nitrogens with zero attached hydrogens (tertiary/aromatic N) is 1. The average molecular weight is 282 g/mol. The normalized spacial score (nSPS) is 13.8. The van der Waals surface area contributed by atoms with E-state index < -0.39 is 4.92 Å². The van der Waals surface area contributed by atoms with Crippen molar-refractivity contribution in [2.75, 3.05) is 13.2 Å². The lowest BCUT2D eigenvalue weighted by Gasteiger charge is -2.20. The fourth-order valence-corrected chi connectivity index (χ4v) is 2.02. The van der Waals surface area contributed by atoms with Gasteiger partial charge in [-0.2, -0.15) is 0 Å². The molecule has 0 aliphatic heterocycles. The van der Waals surface area contributed by atoms with Crippen molar-refractivity contribution in [1.29, 1.82) is 0 Å². The highest BCUT2D eigenvalue weighted by molar-refractivity contribution is 5.49. The van der Waals surface area contributed by atoms with E-state index in [4.69, 9.17) is 9.84 Å². The van der Waals surface area contributed by atoms with Gasteiger partial charge in [-0.05, 0) is 38.8 Å². The number of benzene rings is 1. The molecule has 20 heavy (non-hydrogen) atoms. The van der Waals surface area contributed by atoms with E-state index >= 15 is 0 Å². The maximum atomic E-state index is 11.1. The van der Waals surface area contributed by atoms with Crippen LogP contribution in [-0.4, -0.2) is 29.3 Å². The Morgan fingerprint density at radius 2 is 2.15 bits per heavy atom. The van der Waals surface area contributed by atoms with E-state index in [2.05, 4.69) is 5.32 Å². The molecule has 2 N–H and O–H groups in total. The van der Waals surface area contributed by atoms with Gasteiger partial charge in [0.25, 0.3) is 0 Å². The van der Waals surface area contributed by atoms with Crippen LogP contribution < -0.4 is 10.1 Å². The zero-order valence-corrected chi connectivity index (χ0v) is 12.1. The SMILES string of the molecule is CCOc1ccc(C(C)N[C@H](C)CCO)cc1[N+](=O)[O-]. The van der Waals surface area contributed by atoms with E-state index in [0.717, 1.165) is 5.56 Å². The molecule has 0 saturated carbocycles. The summed E-state index contributed by atoms with van der Waals surface area (Å²) in [6.07, 6.45) is 0.642. The summed E-state index contributed by atoms with van der Waals surface area (Å²) in [7, 11) is 0. The molecular formula is C14H22N2O4. The molecule has 0 aliphatic rings. The number of aliphatic hydroxyl groups excluding tert-OH is 1. The van der Waals surface area contributed by atoms with Crippen molar-refractivity contribution < 1.29 is 14.8 Å². The summed E-state index contributed by atoms with van der Waals surface area (Å²) in [6, 6.07) is 5.09. The number of nitrogens with one attached hydrogen (secondary N) is 1. The van der Waals surface area contributed by atoms with Crippen LogP contribution in [0.1, 0.15) is 38.8 Å². The fourth-order valence-electron chi connectivity index (χ4n) is 2.02. The molecule has 0 bridgehead atoms. The van der Waals surface area contributed by atoms with Crippen LogP contribution in [0.15, 0.2) is 18.2 Å². The zero-order valence-electron chi connectivity index (χ0n) is 12.1. The van der Waals surface area contributed by atoms with Gasteiger partial charge in [-0.15, -0.1) is 0 Å². The smallest absolute Gasteiger partial charge is 0.311 e. The van der Waals surface area contributed by atoms with Crippen molar-refractivity contribution in [2.24, 2.45) is 0 Å². The first-order chi connectivity index (χ1) is 9.49. The van der Waals surface area contributed by atoms with Crippen molar-refractivity contribution in [2.45, 2.75) is 39.3 Å². The largest absolute Gasteiger partial charge is 0.487 e. The predicted molar refractivity (Wildman–Crippen MR) is 77.0 cm³/mol. The molecule has 112 valence electrons. The second kappa shape index (κ2) is 7.81. The van der Waals surface area contributed by atoms with Gasteiger partial charge in [-0.25, -0.2) is 0 Å². The Morgan fingerprint density at radius 1 is 1.45 bits per heavy atom. The Kier molecular flexibility index (Phi) is 6.41. The minimum Gasteiger partial charge on any atom is -0.487 e. The second-order valence-electron chi connectivity index (χ2n) is 4.72. The molecule has 6 nitrogen and oxygen atoms in total. The van der Waals surface area contributed by atoms with Gasteiger partial charge in [0.1, 0.15) is 0 Å². The number of nitro groups is 1. The Balaban J connectivity index is 2.90. The van der Waals surface area contributed by atoms with Crippen LogP contribution >= 0.6 is 0 Å². The van der Waals surface area contributed by atoms with Gasteiger partial charge in [0, 0.05) is 24.8 Å². The van der Waals surface area contributed by atoms with E-state index in [1.54, 1.807) is 13.0 Å². The molecule has 0 saturated heterocycles. The minimum absolute atomic E-state index is 0.0205. The molecule has 0 radical (unpaired) electrons. The van der Waals surface area contributed by atoms with Crippen molar-refractivity contribution in [3.63, 3.8) is 0 Å². The van der Waals surface area contributed by atoms with E-state index in [1.807, 2.05) is 19.9 Å². The summed E-state index contributed by atoms with van der Waals surface area (Å²) in [5, 5.41) is 23.2. The topological polar surface area (TPSA) is 84.6 Å². The summed E-state index contributed by atoms with van der Waals surface area (Å²) < 4.78 is 5.26. The highest BCUT2D eigenvalue weighted by Crippen LogP contribution is 2.30. The third-order valence-electron chi connectivity index (χ3n) is 3.08. The monoisotopic (exact) mass is 282 g/mol. The van der Waals surface area contributed by atoms with Gasteiger partial charge in [-0.3, -0.25) is 10.1 Å². The van der Waals surface area contributed by atoms with E-state index in [-0.39, 0.29) is 30.1 Å². The lowest BCUT2D eigenvalue weighted by molar-refractivity contribution is -0.385. The van der Waals surface area contributed by atoms with Crippen molar-refractivity contribution in [3.8, 4) is 5.75 Å². The molecule has 0 aliphatic carbocycles. The Morgan fingerprint density at radius 3 is 2.70 bits per heavy atom. The second-order valence-corrected chi connectivity index (χ2v) is 4.72. The predicted octanol–water partition coefficient (Wildman–Crippen LogP) is 2.42. The highest BCUT2D eigenvalue weighted by Gasteiger charge is 2.18. The molecule has 0 heterocycles. The first kappa shape index (κ1) is 16.4. The third-order valence-corrected chi connectivity index (χ3v) is 3.08. The minimum atomic E-state index is -0.432. The van der Waals surface area contributed by atoms with Crippen molar-refractivity contribution >= 4 is 5.69 Å². The number of aliphatic hydroxyl groups is 1. The Hall–Kier alpha value is -1.66. The van der Waals surface area contributed by atoms with Crippen molar-refractivity contribution in [3.05, 3.63) is 33.9 Å². The highest BCUT2D eigenvalue weighted by atomic mass is 16.6. The molecule has 1 rings (SSSR count). The van der Waals surface area contributed by atoms with E-state index in [9.17, 15) is 10.1 Å². The van der Waals surface area contributed by atoms with Gasteiger partial charge >= 0.3 is 5.69 Å². The molecule has 0 spiro atoms. The summed E-state index contributed by atoms with van der Waals surface area (Å²) >= 11 is 0. The first-order valence-electron chi connectivity index (χ1n) is 6.77. The van der Waals surface area contributed by atoms with Gasteiger partial charge in [0.2, 0.25) is 0 Å². The average Bonchev–Trinajstić information content (AvgIpc) is 2.39. The lowest BCUT2D eigenvalue weighted by atomic mass is 10.1. The number of hydrogen-bond acceptors (Lipinski definition) is 5. The number of ether oxygens (including phenoxy) is 1. The molecule has 1 aromatic rings. The number of hydrogen-bond donors (Lipinski definition) is 2. The van der Waals surface area contributed by atoms with Crippen molar-refractivity contribution in [1.82, 2.24) is 5.32 Å². The van der Waals surface area contributed by atoms with Gasteiger partial charge in [-0.1, -0.05) is 6.07 Å². The fraction of sp³-hybridized carbons (Fsp3) is 0.571. The summed E-state index contributed by atoms with van der Waals surface area (Å²) in [5.41, 5.74) is 0.803. The van der Waals surface area contributed by atoms with E-state index in [1.165, 1.54) is 6.07 Å². The molecular weight excluding hydrogens is 260 g/mol. The summed E-state index contributed by atoms with van der Waals surface area (Å²) in [5.74, 6) is 0.289. The zero-order chi connectivity index (χ0) is 15.1. The number of nitro benzene ring substituents is 1. The Labute approximate surface area is 118 Å². The van der Waals surface area contributed by atoms with Gasteiger partial charge in [0.15, 0.2) is 5.75 Å². The first-order valence-corrected chi connectivity index (χ1v) is 6.77. The van der Waals surface area contributed by atoms with E-state index in [0.29, 0.717) is 13.0 Å². The molecule has 1 unspecified atom stereocenters. The summed E-state index contributed by atoms with van der Waals surface area (Å²) in [4.78, 5) is 10.6. The van der Waals surface area contributed by atoms with Crippen LogP contribution in [0, 0.1) is 10.1 Å². The molecule has 6 heteroatoms. The van der Waals surface area contributed by atoms with Gasteiger partial charge < -0.3 is 15.2 Å². The Bertz CT molecular complexity index is 451. The van der Waals surface area contributed by atoms with Crippen LogP contribution in [-0.2, 0) is 0 Å². The van der Waals surface area contributed by atoms with Crippen LogP contribution in [0.25, 0.3) is 0 Å². The molecule has 1 aromatic carbocycles. The number of rotatable bonds is 8.